The van der Waals surface area contributed by atoms with Gasteiger partial charge in [-0.25, -0.2) is 13.4 Å². The predicted octanol–water partition coefficient (Wildman–Crippen LogP) is 1.84. The van der Waals surface area contributed by atoms with Crippen LogP contribution in [-0.4, -0.2) is 31.2 Å². The Morgan fingerprint density at radius 2 is 2.08 bits per heavy atom. The molecule has 1 aliphatic heterocycles. The van der Waals surface area contributed by atoms with Gasteiger partial charge in [0.25, 0.3) is 15.9 Å². The Hall–Kier alpha value is -2.26. The van der Waals surface area contributed by atoms with Crippen molar-refractivity contribution in [3.05, 3.63) is 41.4 Å². The topological polar surface area (TPSA) is 101 Å². The molecule has 2 aromatic rings. The number of benzene rings is 1. The Balaban J connectivity index is 1.94. The lowest BCUT2D eigenvalue weighted by atomic mass is 10.0. The lowest BCUT2D eigenvalue weighted by Crippen LogP contribution is -2.34. The zero-order chi connectivity index (χ0) is 17.3. The van der Waals surface area contributed by atoms with Crippen molar-refractivity contribution in [1.82, 2.24) is 9.71 Å². The molecule has 0 spiro atoms. The van der Waals surface area contributed by atoms with Gasteiger partial charge in [-0.3, -0.25) is 14.5 Å². The number of fused-ring (bicyclic) bond motifs is 1. The maximum Gasteiger partial charge on any atom is 0.263 e. The predicted molar refractivity (Wildman–Crippen MR) is 92.7 cm³/mol. The van der Waals surface area contributed by atoms with Crippen molar-refractivity contribution in [2.24, 2.45) is 10.9 Å². The standard InChI is InChI=1S/C15H16N4O3S2/c1-9(2)12(14(20)18-15-16-7-8-23-15)17-13-10-5-3-4-6-11(10)24(21,22)19-13/h3-9,12H,1-2H3,(H,17,19)(H,16,18,20)/t12-/m1/s1. The summed E-state index contributed by atoms with van der Waals surface area (Å²) in [6, 6.07) is 5.83. The second-order valence-corrected chi connectivity index (χ2v) is 8.14. The molecule has 1 amide bonds. The molecule has 1 aromatic carbocycles. The molecule has 3 rings (SSSR count). The van der Waals surface area contributed by atoms with E-state index in [4.69, 9.17) is 0 Å². The molecule has 126 valence electrons. The second kappa shape index (κ2) is 6.33. The van der Waals surface area contributed by atoms with Crippen LogP contribution in [0.25, 0.3) is 0 Å². The molecule has 2 heterocycles. The van der Waals surface area contributed by atoms with Gasteiger partial charge in [-0.1, -0.05) is 26.0 Å². The highest BCUT2D eigenvalue weighted by Crippen LogP contribution is 2.24. The molecular weight excluding hydrogens is 348 g/mol. The zero-order valence-corrected chi connectivity index (χ0v) is 14.7. The van der Waals surface area contributed by atoms with E-state index >= 15 is 0 Å². The summed E-state index contributed by atoms with van der Waals surface area (Å²) >= 11 is 1.31. The number of nitrogens with zero attached hydrogens (tertiary/aromatic N) is 2. The first-order chi connectivity index (χ1) is 11.4. The molecule has 7 nitrogen and oxygen atoms in total. The van der Waals surface area contributed by atoms with Crippen molar-refractivity contribution in [1.29, 1.82) is 0 Å². The lowest BCUT2D eigenvalue weighted by Gasteiger charge is -2.16. The second-order valence-electron chi connectivity index (χ2n) is 5.59. The van der Waals surface area contributed by atoms with E-state index in [1.54, 1.807) is 29.8 Å². The minimum absolute atomic E-state index is 0.116. The SMILES string of the molecule is CC(C)[C@@H](N=C1NS(=O)(=O)c2ccccc21)C(=O)Nc1nccs1. The van der Waals surface area contributed by atoms with Crippen LogP contribution in [0.15, 0.2) is 45.7 Å². The summed E-state index contributed by atoms with van der Waals surface area (Å²) in [6.45, 7) is 3.71. The van der Waals surface area contributed by atoms with Gasteiger partial charge in [-0.15, -0.1) is 11.3 Å². The summed E-state index contributed by atoms with van der Waals surface area (Å²) in [5.41, 5.74) is 0.477. The van der Waals surface area contributed by atoms with Gasteiger partial charge >= 0.3 is 0 Å². The third kappa shape index (κ3) is 3.17. The fourth-order valence-corrected chi connectivity index (χ4v) is 4.11. The van der Waals surface area contributed by atoms with Gasteiger partial charge in [0.05, 0.1) is 4.90 Å². The summed E-state index contributed by atoms with van der Waals surface area (Å²) in [6.07, 6.45) is 1.60. The quantitative estimate of drug-likeness (QED) is 0.864. The minimum Gasteiger partial charge on any atom is -0.300 e. The van der Waals surface area contributed by atoms with E-state index in [2.05, 4.69) is 20.0 Å². The molecule has 0 unspecified atom stereocenters. The third-order valence-corrected chi connectivity index (χ3v) is 5.58. The molecule has 0 aliphatic carbocycles. The molecule has 0 bridgehead atoms. The van der Waals surface area contributed by atoms with Gasteiger partial charge in [0.1, 0.15) is 11.9 Å². The van der Waals surface area contributed by atoms with Crippen molar-refractivity contribution in [2.45, 2.75) is 24.8 Å². The first kappa shape index (κ1) is 16.6. The Bertz CT molecular complexity index is 889. The van der Waals surface area contributed by atoms with Crippen LogP contribution in [0, 0.1) is 5.92 Å². The number of hydrogen-bond donors (Lipinski definition) is 2. The average Bonchev–Trinajstić information content (AvgIpc) is 3.11. The first-order valence-corrected chi connectivity index (χ1v) is 9.65. The van der Waals surface area contributed by atoms with Gasteiger partial charge in [0, 0.05) is 17.1 Å². The van der Waals surface area contributed by atoms with Crippen LogP contribution in [0.1, 0.15) is 19.4 Å². The van der Waals surface area contributed by atoms with E-state index in [1.165, 1.54) is 17.4 Å². The summed E-state index contributed by atoms with van der Waals surface area (Å²) in [7, 11) is -3.62. The van der Waals surface area contributed by atoms with Crippen molar-refractivity contribution in [3.63, 3.8) is 0 Å². The molecule has 0 fully saturated rings. The smallest absolute Gasteiger partial charge is 0.263 e. The number of anilines is 1. The van der Waals surface area contributed by atoms with E-state index in [0.717, 1.165) is 0 Å². The Morgan fingerprint density at radius 1 is 1.33 bits per heavy atom. The number of amides is 1. The number of carbonyl (C=O) groups is 1. The normalized spacial score (nSPS) is 18.2. The number of thiazole rings is 1. The van der Waals surface area contributed by atoms with Crippen LogP contribution in [0.4, 0.5) is 5.13 Å². The van der Waals surface area contributed by atoms with E-state index in [9.17, 15) is 13.2 Å². The van der Waals surface area contributed by atoms with Gasteiger partial charge < -0.3 is 5.32 Å². The van der Waals surface area contributed by atoms with Crippen LogP contribution in [0.5, 0.6) is 0 Å². The van der Waals surface area contributed by atoms with Crippen molar-refractivity contribution in [2.75, 3.05) is 5.32 Å². The highest BCUT2D eigenvalue weighted by Gasteiger charge is 2.32. The van der Waals surface area contributed by atoms with Crippen LogP contribution >= 0.6 is 11.3 Å². The van der Waals surface area contributed by atoms with Crippen molar-refractivity contribution < 1.29 is 13.2 Å². The maximum atomic E-state index is 12.5. The molecule has 0 saturated heterocycles. The zero-order valence-electron chi connectivity index (χ0n) is 13.1. The first-order valence-electron chi connectivity index (χ1n) is 7.29. The summed E-state index contributed by atoms with van der Waals surface area (Å²) in [4.78, 5) is 21.1. The molecular formula is C15H16N4O3S2. The van der Waals surface area contributed by atoms with Gasteiger partial charge in [-0.05, 0) is 18.1 Å². The van der Waals surface area contributed by atoms with Crippen molar-refractivity contribution >= 4 is 38.2 Å². The summed E-state index contributed by atoms with van der Waals surface area (Å²) in [5.74, 6) is -0.246. The maximum absolute atomic E-state index is 12.5. The largest absolute Gasteiger partial charge is 0.300 e. The molecule has 2 N–H and O–H groups in total. The van der Waals surface area contributed by atoms with Crippen LogP contribution in [-0.2, 0) is 14.8 Å². The van der Waals surface area contributed by atoms with E-state index in [-0.39, 0.29) is 22.6 Å². The highest BCUT2D eigenvalue weighted by molar-refractivity contribution is 7.90. The number of nitrogens with one attached hydrogen (secondary N) is 2. The molecule has 9 heteroatoms. The van der Waals surface area contributed by atoms with Crippen molar-refractivity contribution in [3.8, 4) is 0 Å². The van der Waals surface area contributed by atoms with Crippen LogP contribution < -0.4 is 10.0 Å². The van der Waals surface area contributed by atoms with Gasteiger partial charge in [0.15, 0.2) is 5.13 Å². The number of amidine groups is 1. The molecule has 0 radical (unpaired) electrons. The monoisotopic (exact) mass is 364 g/mol. The summed E-state index contributed by atoms with van der Waals surface area (Å²) < 4.78 is 26.7. The average molecular weight is 364 g/mol. The molecule has 1 atom stereocenters. The molecule has 24 heavy (non-hydrogen) atoms. The number of aliphatic imine (C=N–C) groups is 1. The molecule has 1 aromatic heterocycles. The number of rotatable bonds is 4. The Kier molecular flexibility index (Phi) is 4.37. The fourth-order valence-electron chi connectivity index (χ4n) is 2.34. The van der Waals surface area contributed by atoms with E-state index in [0.29, 0.717) is 10.7 Å². The highest BCUT2D eigenvalue weighted by atomic mass is 32.2. The number of sulfonamides is 1. The van der Waals surface area contributed by atoms with E-state index in [1.807, 2.05) is 13.8 Å². The van der Waals surface area contributed by atoms with Crippen LogP contribution in [0.2, 0.25) is 0 Å². The molecule has 0 saturated carbocycles. The molecule has 1 aliphatic rings. The van der Waals surface area contributed by atoms with Gasteiger partial charge in [-0.2, -0.15) is 0 Å². The van der Waals surface area contributed by atoms with Crippen LogP contribution in [0.3, 0.4) is 0 Å². The fraction of sp³-hybridized carbons (Fsp3) is 0.267. The van der Waals surface area contributed by atoms with E-state index < -0.39 is 16.1 Å². The minimum atomic E-state index is -3.62. The lowest BCUT2D eigenvalue weighted by molar-refractivity contribution is -0.118. The number of carbonyl (C=O) groups excluding carboxylic acids is 1. The summed E-state index contributed by atoms with van der Waals surface area (Å²) in [5, 5.41) is 4.95. The van der Waals surface area contributed by atoms with Gasteiger partial charge in [0.2, 0.25) is 0 Å². The number of hydrogen-bond acceptors (Lipinski definition) is 6. The Labute approximate surface area is 143 Å². The number of aromatic nitrogens is 1. The third-order valence-electron chi connectivity index (χ3n) is 3.49. The Morgan fingerprint density at radius 3 is 2.75 bits per heavy atom.